The van der Waals surface area contributed by atoms with Crippen LogP contribution in [0.4, 0.5) is 18.9 Å². The first-order valence-electron chi connectivity index (χ1n) is 13.6. The molecule has 11 nitrogen and oxygen atoms in total. The molecule has 0 aliphatic carbocycles. The van der Waals surface area contributed by atoms with Crippen molar-refractivity contribution in [3.63, 3.8) is 0 Å². The van der Waals surface area contributed by atoms with Gasteiger partial charge in [-0.25, -0.2) is 0 Å². The fourth-order valence-electron chi connectivity index (χ4n) is 4.82. The molecule has 0 radical (unpaired) electrons. The summed E-state index contributed by atoms with van der Waals surface area (Å²) in [6, 6.07) is 9.97. The Morgan fingerprint density at radius 2 is 0.957 bits per heavy atom. The van der Waals surface area contributed by atoms with Gasteiger partial charge in [0.1, 0.15) is 0 Å². The summed E-state index contributed by atoms with van der Waals surface area (Å²) in [6.45, 7) is 0. The Morgan fingerprint density at radius 3 is 1.32 bits per heavy atom. The quantitative estimate of drug-likeness (QED) is 0.0436. The van der Waals surface area contributed by atoms with Crippen molar-refractivity contribution in [2.45, 2.75) is 40.1 Å². The average Bonchev–Trinajstić information content (AvgIpc) is 2.94. The van der Waals surface area contributed by atoms with Crippen LogP contribution < -0.4 is 5.32 Å². The molecule has 4 rings (SSSR count). The number of alkyl halides is 3. The number of amides is 1. The summed E-state index contributed by atoms with van der Waals surface area (Å²) >= 11 is 3.70. The predicted molar refractivity (Wildman–Crippen MR) is 180 cm³/mol. The Morgan fingerprint density at radius 1 is 0.617 bits per heavy atom. The first-order valence-corrected chi connectivity index (χ1v) is 21.4. The number of benzene rings is 4. The number of hydrogen-bond donors (Lipinski definition) is 4. The molecule has 0 aromatic heterocycles. The Balaban J connectivity index is 1.89. The first kappa shape index (κ1) is 37.8. The standard InChI is InChI=1S/C27H28F3NO10S6/c28-27(29,30)26(32)31-20-14-21(42-8-1-11-45(33,34)35)17-6-7-19-23(44-10-3-13-47(39,40)41)15-22(43-9-2-12-46(36,37)38)18-5-4-16(20)24(17)25(18)19/h4-7,14-15H,1-3,8-13H2,(H,31,32)(H,33,34,35)(H,36,37,38)(H,39,40,41). The summed E-state index contributed by atoms with van der Waals surface area (Å²) < 4.78 is 135. The van der Waals surface area contributed by atoms with E-state index >= 15 is 0 Å². The van der Waals surface area contributed by atoms with E-state index in [2.05, 4.69) is 0 Å². The van der Waals surface area contributed by atoms with E-state index in [1.54, 1.807) is 24.3 Å². The van der Waals surface area contributed by atoms with Crippen molar-refractivity contribution in [3.8, 4) is 0 Å². The molecule has 0 atom stereocenters. The molecule has 0 unspecified atom stereocenters. The highest BCUT2D eigenvalue weighted by Crippen LogP contribution is 2.47. The highest BCUT2D eigenvalue weighted by atomic mass is 32.2. The van der Waals surface area contributed by atoms with E-state index in [1.807, 2.05) is 11.4 Å². The van der Waals surface area contributed by atoms with Gasteiger partial charge in [0, 0.05) is 25.5 Å². The third-order valence-corrected chi connectivity index (χ3v) is 12.5. The highest BCUT2D eigenvalue weighted by Gasteiger charge is 2.39. The van der Waals surface area contributed by atoms with Crippen LogP contribution in [0, 0.1) is 0 Å². The smallest absolute Gasteiger partial charge is 0.318 e. The zero-order valence-corrected chi connectivity index (χ0v) is 29.0. The lowest BCUT2D eigenvalue weighted by atomic mass is 9.93. The summed E-state index contributed by atoms with van der Waals surface area (Å²) in [5.41, 5.74) is -0.139. The minimum absolute atomic E-state index is 0.0322. The van der Waals surface area contributed by atoms with Gasteiger partial charge in [0.25, 0.3) is 30.4 Å². The third kappa shape index (κ3) is 10.5. The fraction of sp³-hybridized carbons (Fsp3) is 0.370. The van der Waals surface area contributed by atoms with Crippen LogP contribution in [0.15, 0.2) is 51.1 Å². The van der Waals surface area contributed by atoms with Crippen molar-refractivity contribution in [1.82, 2.24) is 0 Å². The number of nitrogens with one attached hydrogen (secondary N) is 1. The van der Waals surface area contributed by atoms with Crippen LogP contribution in [-0.4, -0.2) is 85.5 Å². The summed E-state index contributed by atoms with van der Waals surface area (Å²) in [5.74, 6) is -2.94. The number of hydrogen-bond acceptors (Lipinski definition) is 10. The van der Waals surface area contributed by atoms with E-state index in [0.717, 1.165) is 11.8 Å². The molecule has 258 valence electrons. The summed E-state index contributed by atoms with van der Waals surface area (Å²) in [6.07, 6.45) is -4.94. The minimum Gasteiger partial charge on any atom is -0.318 e. The van der Waals surface area contributed by atoms with Crippen LogP contribution in [0.5, 0.6) is 0 Å². The number of halogens is 3. The number of carbonyl (C=O) groups is 1. The van der Waals surface area contributed by atoms with Gasteiger partial charge in [-0.1, -0.05) is 24.3 Å². The number of rotatable bonds is 16. The van der Waals surface area contributed by atoms with Gasteiger partial charge in [0.15, 0.2) is 0 Å². The zero-order chi connectivity index (χ0) is 34.8. The van der Waals surface area contributed by atoms with Crippen LogP contribution in [0.2, 0.25) is 0 Å². The summed E-state index contributed by atoms with van der Waals surface area (Å²) in [4.78, 5) is 13.8. The number of carbonyl (C=O) groups excluding carboxylic acids is 1. The molecule has 4 aromatic rings. The molecular formula is C27H28F3NO10S6. The van der Waals surface area contributed by atoms with E-state index < -0.39 is 59.7 Å². The molecule has 0 fully saturated rings. The maximum atomic E-state index is 13.3. The Labute approximate surface area is 281 Å². The van der Waals surface area contributed by atoms with E-state index in [9.17, 15) is 43.2 Å². The molecule has 0 saturated heterocycles. The van der Waals surface area contributed by atoms with Gasteiger partial charge in [-0.2, -0.15) is 38.4 Å². The van der Waals surface area contributed by atoms with Gasteiger partial charge in [-0.3, -0.25) is 18.5 Å². The number of thioether (sulfide) groups is 3. The van der Waals surface area contributed by atoms with Crippen LogP contribution in [0.1, 0.15) is 19.3 Å². The molecule has 0 aliphatic heterocycles. The molecule has 4 N–H and O–H groups in total. The lowest BCUT2D eigenvalue weighted by Gasteiger charge is -2.21. The van der Waals surface area contributed by atoms with Crippen molar-refractivity contribution in [2.24, 2.45) is 0 Å². The Hall–Kier alpha value is -2.04. The second-order valence-corrected chi connectivity index (χ2v) is 18.4. The highest BCUT2D eigenvalue weighted by molar-refractivity contribution is 8.00. The Bertz CT molecular complexity index is 2060. The molecule has 0 heterocycles. The van der Waals surface area contributed by atoms with Crippen LogP contribution >= 0.6 is 35.3 Å². The molecule has 0 aliphatic rings. The van der Waals surface area contributed by atoms with Crippen molar-refractivity contribution in [1.29, 1.82) is 0 Å². The molecular weight excluding hydrogens is 748 g/mol. The van der Waals surface area contributed by atoms with Gasteiger partial charge < -0.3 is 5.32 Å². The van der Waals surface area contributed by atoms with Crippen molar-refractivity contribution >= 4 is 110 Å². The largest absolute Gasteiger partial charge is 0.471 e. The molecule has 0 saturated carbocycles. The summed E-state index contributed by atoms with van der Waals surface area (Å²) in [7, 11) is -12.6. The van der Waals surface area contributed by atoms with Gasteiger partial charge in [0.05, 0.1) is 22.9 Å². The molecule has 0 bridgehead atoms. The van der Waals surface area contributed by atoms with Crippen molar-refractivity contribution in [3.05, 3.63) is 36.4 Å². The first-order chi connectivity index (χ1) is 21.7. The van der Waals surface area contributed by atoms with Crippen LogP contribution in [0.25, 0.3) is 32.3 Å². The van der Waals surface area contributed by atoms with Crippen molar-refractivity contribution < 1.29 is 56.9 Å². The summed E-state index contributed by atoms with van der Waals surface area (Å²) in [5, 5.41) is 5.27. The van der Waals surface area contributed by atoms with Gasteiger partial charge in [0.2, 0.25) is 0 Å². The normalized spacial score (nSPS) is 13.2. The average molecular weight is 776 g/mol. The van der Waals surface area contributed by atoms with Crippen molar-refractivity contribution in [2.75, 3.05) is 39.8 Å². The van der Waals surface area contributed by atoms with Gasteiger partial charge in [-0.15, -0.1) is 35.3 Å². The minimum atomic E-state index is -5.19. The second kappa shape index (κ2) is 14.8. The van der Waals surface area contributed by atoms with Gasteiger partial charge >= 0.3 is 12.1 Å². The fourth-order valence-corrected chi connectivity index (χ4v) is 10.1. The lowest BCUT2D eigenvalue weighted by molar-refractivity contribution is -0.167. The SMILES string of the molecule is O=C(Nc1cc(SCCCS(=O)(=O)O)c2ccc3c(SCCCS(=O)(=O)O)cc(SCCCS(=O)(=O)O)c4ccc1c2c43)C(F)(F)F. The predicted octanol–water partition coefficient (Wildman–Crippen LogP) is 6.19. The molecule has 1 amide bonds. The van der Waals surface area contributed by atoms with E-state index in [1.165, 1.54) is 29.6 Å². The monoisotopic (exact) mass is 775 g/mol. The maximum absolute atomic E-state index is 13.3. The molecule has 0 spiro atoms. The molecule has 20 heteroatoms. The maximum Gasteiger partial charge on any atom is 0.471 e. The Kier molecular flexibility index (Phi) is 11.9. The van der Waals surface area contributed by atoms with Gasteiger partial charge in [-0.05, 0) is 70.2 Å². The number of anilines is 1. The zero-order valence-electron chi connectivity index (χ0n) is 24.1. The second-order valence-electron chi connectivity index (χ2n) is 10.3. The van der Waals surface area contributed by atoms with E-state index in [-0.39, 0.29) is 47.6 Å². The topological polar surface area (TPSA) is 192 Å². The molecule has 4 aromatic carbocycles. The lowest BCUT2D eigenvalue weighted by Crippen LogP contribution is -2.30. The van der Waals surface area contributed by atoms with E-state index in [4.69, 9.17) is 13.7 Å². The molecule has 47 heavy (non-hydrogen) atoms. The van der Waals surface area contributed by atoms with Crippen LogP contribution in [0.3, 0.4) is 0 Å². The van der Waals surface area contributed by atoms with E-state index in [0.29, 0.717) is 41.6 Å². The van der Waals surface area contributed by atoms with Crippen LogP contribution in [-0.2, 0) is 35.1 Å². The third-order valence-electron chi connectivity index (χ3n) is 6.70.